The van der Waals surface area contributed by atoms with Crippen molar-refractivity contribution in [1.29, 1.82) is 0 Å². The molecule has 1 N–H and O–H groups in total. The molecule has 2 heterocycles. The van der Waals surface area contributed by atoms with Crippen LogP contribution in [0.1, 0.15) is 50.4 Å². The first-order chi connectivity index (χ1) is 10.7. The molecule has 23 heavy (non-hydrogen) atoms. The van der Waals surface area contributed by atoms with Crippen LogP contribution in [-0.4, -0.2) is 34.3 Å². The second kappa shape index (κ2) is 6.56. The van der Waals surface area contributed by atoms with Crippen LogP contribution < -0.4 is 4.90 Å². The third-order valence-corrected chi connectivity index (χ3v) is 3.68. The predicted octanol–water partition coefficient (Wildman–Crippen LogP) is 3.09. The fourth-order valence-electron chi connectivity index (χ4n) is 2.62. The van der Waals surface area contributed by atoms with Gasteiger partial charge in [0.2, 0.25) is 0 Å². The summed E-state index contributed by atoms with van der Waals surface area (Å²) in [5, 5.41) is 8.84. The maximum Gasteiger partial charge on any atom is 0.416 e. The zero-order valence-electron chi connectivity index (χ0n) is 14.2. The van der Waals surface area contributed by atoms with E-state index in [0.29, 0.717) is 18.8 Å². The Balaban J connectivity index is 2.26. The van der Waals surface area contributed by atoms with Gasteiger partial charge in [0, 0.05) is 18.7 Å². The number of carbonyl (C=O) groups excluding carboxylic acids is 1. The van der Waals surface area contributed by atoms with Crippen molar-refractivity contribution < 1.29 is 19.4 Å². The highest BCUT2D eigenvalue weighted by Crippen LogP contribution is 2.29. The molecule has 0 saturated carbocycles. The summed E-state index contributed by atoms with van der Waals surface area (Å²) in [4.78, 5) is 29.3. The van der Waals surface area contributed by atoms with Crippen LogP contribution >= 0.6 is 0 Å². The lowest BCUT2D eigenvalue weighted by Gasteiger charge is -2.31. The molecule has 0 aromatic carbocycles. The first-order valence-corrected chi connectivity index (χ1v) is 7.89. The zero-order valence-corrected chi connectivity index (χ0v) is 14.2. The Bertz CT molecular complexity index is 620. The summed E-state index contributed by atoms with van der Waals surface area (Å²) in [6.07, 6.45) is 1.83. The van der Waals surface area contributed by atoms with Crippen molar-refractivity contribution in [3.63, 3.8) is 0 Å². The maximum absolute atomic E-state index is 12.4. The van der Waals surface area contributed by atoms with Crippen LogP contribution in [0.2, 0.25) is 0 Å². The molecule has 0 fully saturated rings. The molecule has 0 spiro atoms. The number of rotatable bonds is 3. The van der Waals surface area contributed by atoms with Gasteiger partial charge in [-0.3, -0.25) is 9.69 Å². The average Bonchev–Trinajstić information content (AvgIpc) is 2.42. The Labute approximate surface area is 136 Å². The van der Waals surface area contributed by atoms with Gasteiger partial charge < -0.3 is 9.84 Å². The summed E-state index contributed by atoms with van der Waals surface area (Å²) in [7, 11) is 0. The van der Waals surface area contributed by atoms with Gasteiger partial charge in [-0.25, -0.2) is 9.78 Å². The minimum Gasteiger partial charge on any atom is -0.481 e. The van der Waals surface area contributed by atoms with Crippen molar-refractivity contribution in [1.82, 2.24) is 4.98 Å². The van der Waals surface area contributed by atoms with E-state index in [9.17, 15) is 9.59 Å². The van der Waals surface area contributed by atoms with Gasteiger partial charge in [0.05, 0.1) is 0 Å². The lowest BCUT2D eigenvalue weighted by Crippen LogP contribution is -2.40. The highest BCUT2D eigenvalue weighted by atomic mass is 16.6. The summed E-state index contributed by atoms with van der Waals surface area (Å²) in [6.45, 7) is 7.94. The number of aromatic nitrogens is 1. The first kappa shape index (κ1) is 17.2. The standard InChI is InChI=1S/C17H24N2O4/c1-11-12(7-8-14(20)21)10-13-6-5-9-19(15(13)18-11)16(22)23-17(2,3)4/h10H,5-9H2,1-4H3,(H,20,21). The average molecular weight is 320 g/mol. The summed E-state index contributed by atoms with van der Waals surface area (Å²) in [5.74, 6) is -0.181. The number of ether oxygens (including phenoxy) is 1. The molecular formula is C17H24N2O4. The number of aliphatic carboxylic acids is 1. The number of amides is 1. The highest BCUT2D eigenvalue weighted by molar-refractivity contribution is 5.88. The Kier molecular flexibility index (Phi) is 4.92. The third-order valence-electron chi connectivity index (χ3n) is 3.68. The van der Waals surface area contributed by atoms with Gasteiger partial charge in [-0.2, -0.15) is 0 Å². The molecule has 1 aromatic heterocycles. The third kappa shape index (κ3) is 4.43. The number of nitrogens with zero attached hydrogens (tertiary/aromatic N) is 2. The normalized spacial score (nSPS) is 14.3. The van der Waals surface area contributed by atoms with Gasteiger partial charge in [-0.05, 0) is 58.1 Å². The van der Waals surface area contributed by atoms with Gasteiger partial charge >= 0.3 is 12.1 Å². The number of hydrogen-bond donors (Lipinski definition) is 1. The van der Waals surface area contributed by atoms with Crippen molar-refractivity contribution >= 4 is 17.9 Å². The highest BCUT2D eigenvalue weighted by Gasteiger charge is 2.29. The van der Waals surface area contributed by atoms with Crippen molar-refractivity contribution in [2.75, 3.05) is 11.4 Å². The Morgan fingerprint density at radius 2 is 2.09 bits per heavy atom. The number of fused-ring (bicyclic) bond motifs is 1. The van der Waals surface area contributed by atoms with E-state index in [1.165, 1.54) is 0 Å². The zero-order chi connectivity index (χ0) is 17.2. The molecule has 126 valence electrons. The number of carboxylic acids is 1. The molecule has 0 atom stereocenters. The molecule has 0 bridgehead atoms. The minimum atomic E-state index is -0.822. The molecule has 2 rings (SSSR count). The smallest absolute Gasteiger partial charge is 0.416 e. The SMILES string of the molecule is Cc1nc2c(cc1CCC(=O)O)CCCN2C(=O)OC(C)(C)C. The summed E-state index contributed by atoms with van der Waals surface area (Å²) in [6, 6.07) is 1.98. The van der Waals surface area contributed by atoms with Crippen molar-refractivity contribution in [2.24, 2.45) is 0 Å². The Morgan fingerprint density at radius 3 is 2.70 bits per heavy atom. The van der Waals surface area contributed by atoms with E-state index in [0.717, 1.165) is 29.7 Å². The Morgan fingerprint density at radius 1 is 1.39 bits per heavy atom. The number of carbonyl (C=O) groups is 2. The molecule has 0 unspecified atom stereocenters. The number of carboxylic acid groups (broad SMARTS) is 1. The molecule has 0 saturated heterocycles. The van der Waals surface area contributed by atoms with Crippen LogP contribution in [0.15, 0.2) is 6.07 Å². The van der Waals surface area contributed by atoms with Crippen molar-refractivity contribution in [3.8, 4) is 0 Å². The molecule has 6 nitrogen and oxygen atoms in total. The number of pyridine rings is 1. The van der Waals surface area contributed by atoms with Crippen LogP contribution in [0.5, 0.6) is 0 Å². The lowest BCUT2D eigenvalue weighted by molar-refractivity contribution is -0.136. The quantitative estimate of drug-likeness (QED) is 0.925. The molecule has 6 heteroatoms. The van der Waals surface area contributed by atoms with E-state index in [4.69, 9.17) is 9.84 Å². The summed E-state index contributed by atoms with van der Waals surface area (Å²) >= 11 is 0. The summed E-state index contributed by atoms with van der Waals surface area (Å²) < 4.78 is 5.45. The topological polar surface area (TPSA) is 79.7 Å². The van der Waals surface area contributed by atoms with Crippen LogP contribution in [-0.2, 0) is 22.4 Å². The largest absolute Gasteiger partial charge is 0.481 e. The van der Waals surface area contributed by atoms with E-state index in [-0.39, 0.29) is 12.5 Å². The fraction of sp³-hybridized carbons (Fsp3) is 0.588. The van der Waals surface area contributed by atoms with Gasteiger partial charge in [-0.15, -0.1) is 0 Å². The summed E-state index contributed by atoms with van der Waals surface area (Å²) in [5.41, 5.74) is 2.12. The lowest BCUT2D eigenvalue weighted by atomic mass is 10.00. The molecule has 1 aromatic rings. The Hall–Kier alpha value is -2.11. The first-order valence-electron chi connectivity index (χ1n) is 7.89. The van der Waals surface area contributed by atoms with Crippen molar-refractivity contribution in [2.45, 2.75) is 59.0 Å². The van der Waals surface area contributed by atoms with Crippen molar-refractivity contribution in [3.05, 3.63) is 22.9 Å². The second-order valence-electron chi connectivity index (χ2n) is 6.84. The molecule has 0 aliphatic carbocycles. The molecule has 1 aliphatic heterocycles. The monoisotopic (exact) mass is 320 g/mol. The van der Waals surface area contributed by atoms with Crippen LogP contribution in [0.4, 0.5) is 10.6 Å². The van der Waals surface area contributed by atoms with Gasteiger partial charge in [0.25, 0.3) is 0 Å². The van der Waals surface area contributed by atoms with Gasteiger partial charge in [-0.1, -0.05) is 6.07 Å². The fourth-order valence-corrected chi connectivity index (χ4v) is 2.62. The van der Waals surface area contributed by atoms with E-state index >= 15 is 0 Å². The minimum absolute atomic E-state index is 0.0804. The second-order valence-corrected chi connectivity index (χ2v) is 6.84. The van der Waals surface area contributed by atoms with E-state index in [2.05, 4.69) is 4.98 Å². The van der Waals surface area contributed by atoms with Gasteiger partial charge in [0.15, 0.2) is 0 Å². The predicted molar refractivity (Wildman–Crippen MR) is 86.8 cm³/mol. The molecule has 1 aliphatic rings. The maximum atomic E-state index is 12.4. The molecular weight excluding hydrogens is 296 g/mol. The molecule has 1 amide bonds. The van der Waals surface area contributed by atoms with E-state index < -0.39 is 11.6 Å². The van der Waals surface area contributed by atoms with Gasteiger partial charge in [0.1, 0.15) is 11.4 Å². The molecule has 0 radical (unpaired) electrons. The van der Waals surface area contributed by atoms with Crippen LogP contribution in [0.25, 0.3) is 0 Å². The number of aryl methyl sites for hydroxylation is 3. The number of anilines is 1. The van der Waals surface area contributed by atoms with E-state index in [1.807, 2.05) is 33.8 Å². The number of hydrogen-bond acceptors (Lipinski definition) is 4. The van der Waals surface area contributed by atoms with E-state index in [1.54, 1.807) is 4.90 Å². The van der Waals surface area contributed by atoms with Crippen LogP contribution in [0, 0.1) is 6.92 Å². The van der Waals surface area contributed by atoms with Crippen LogP contribution in [0.3, 0.4) is 0 Å².